The fourth-order valence-electron chi connectivity index (χ4n) is 2.09. The molecule has 90 valence electrons. The monoisotopic (exact) mass is 250 g/mol. The van der Waals surface area contributed by atoms with Crippen LogP contribution in [0.4, 0.5) is 0 Å². The molecule has 1 aliphatic rings. The van der Waals surface area contributed by atoms with E-state index in [1.807, 2.05) is 6.07 Å². The lowest BCUT2D eigenvalue weighted by atomic mass is 10.0. The SMILES string of the molecule is Cc1cc2occc2cc1CC1=NCCN1.Cl. The van der Waals surface area contributed by atoms with E-state index >= 15 is 0 Å². The highest BCUT2D eigenvalue weighted by Crippen LogP contribution is 2.21. The molecule has 0 saturated carbocycles. The predicted molar refractivity (Wildman–Crippen MR) is 72.2 cm³/mol. The number of nitrogens with one attached hydrogen (secondary N) is 1. The van der Waals surface area contributed by atoms with Gasteiger partial charge in [-0.1, -0.05) is 0 Å². The number of rotatable bonds is 2. The van der Waals surface area contributed by atoms with Crippen molar-refractivity contribution in [1.82, 2.24) is 5.32 Å². The average molecular weight is 251 g/mol. The van der Waals surface area contributed by atoms with Crippen molar-refractivity contribution in [3.63, 3.8) is 0 Å². The van der Waals surface area contributed by atoms with E-state index < -0.39 is 0 Å². The Morgan fingerprint density at radius 1 is 1.41 bits per heavy atom. The number of furan rings is 1. The van der Waals surface area contributed by atoms with Gasteiger partial charge in [0, 0.05) is 18.4 Å². The zero-order valence-corrected chi connectivity index (χ0v) is 10.5. The molecule has 0 bridgehead atoms. The van der Waals surface area contributed by atoms with Crippen molar-refractivity contribution in [1.29, 1.82) is 0 Å². The van der Waals surface area contributed by atoms with E-state index in [1.54, 1.807) is 6.26 Å². The van der Waals surface area contributed by atoms with Gasteiger partial charge in [0.05, 0.1) is 12.8 Å². The molecule has 3 nitrogen and oxygen atoms in total. The Hall–Kier alpha value is -1.48. The number of nitrogens with zero attached hydrogens (tertiary/aromatic N) is 1. The van der Waals surface area contributed by atoms with Crippen LogP contribution < -0.4 is 5.32 Å². The smallest absolute Gasteiger partial charge is 0.134 e. The first-order valence-corrected chi connectivity index (χ1v) is 5.57. The molecule has 1 N–H and O–H groups in total. The Morgan fingerprint density at radius 2 is 2.29 bits per heavy atom. The van der Waals surface area contributed by atoms with Gasteiger partial charge in [0.25, 0.3) is 0 Å². The van der Waals surface area contributed by atoms with E-state index in [0.717, 1.165) is 30.9 Å². The van der Waals surface area contributed by atoms with Gasteiger partial charge >= 0.3 is 0 Å². The molecule has 2 heterocycles. The number of fused-ring (bicyclic) bond motifs is 1. The van der Waals surface area contributed by atoms with E-state index in [-0.39, 0.29) is 12.4 Å². The quantitative estimate of drug-likeness (QED) is 0.890. The van der Waals surface area contributed by atoms with Crippen molar-refractivity contribution in [2.75, 3.05) is 13.1 Å². The summed E-state index contributed by atoms with van der Waals surface area (Å²) in [5.41, 5.74) is 3.54. The maximum absolute atomic E-state index is 5.38. The Balaban J connectivity index is 0.00000108. The summed E-state index contributed by atoms with van der Waals surface area (Å²) in [5, 5.41) is 4.47. The van der Waals surface area contributed by atoms with Crippen molar-refractivity contribution >= 4 is 29.2 Å². The van der Waals surface area contributed by atoms with E-state index in [4.69, 9.17) is 4.42 Å². The molecule has 0 spiro atoms. The number of hydrogen-bond acceptors (Lipinski definition) is 3. The summed E-state index contributed by atoms with van der Waals surface area (Å²) in [4.78, 5) is 4.42. The van der Waals surface area contributed by atoms with Gasteiger partial charge in [0.15, 0.2) is 0 Å². The van der Waals surface area contributed by atoms with Gasteiger partial charge in [-0.25, -0.2) is 0 Å². The molecule has 0 unspecified atom stereocenters. The second kappa shape index (κ2) is 4.80. The predicted octanol–water partition coefficient (Wildman–Crippen LogP) is 2.71. The molecule has 1 aromatic heterocycles. The Labute approximate surface area is 106 Å². The Kier molecular flexibility index (Phi) is 3.38. The maximum atomic E-state index is 5.38. The molecule has 0 saturated heterocycles. The largest absolute Gasteiger partial charge is 0.464 e. The third-order valence-corrected chi connectivity index (χ3v) is 3.01. The van der Waals surface area contributed by atoms with Gasteiger partial charge in [0.2, 0.25) is 0 Å². The third kappa shape index (κ3) is 2.29. The first kappa shape index (κ1) is 12.0. The molecule has 3 rings (SSSR count). The van der Waals surface area contributed by atoms with Crippen LogP contribution in [0.3, 0.4) is 0 Å². The molecule has 0 fully saturated rings. The molecular formula is C13H15ClN2O. The number of amidine groups is 1. The highest BCUT2D eigenvalue weighted by molar-refractivity contribution is 5.88. The van der Waals surface area contributed by atoms with Crippen LogP contribution in [-0.4, -0.2) is 18.9 Å². The summed E-state index contributed by atoms with van der Waals surface area (Å²) < 4.78 is 5.38. The summed E-state index contributed by atoms with van der Waals surface area (Å²) in [6.07, 6.45) is 2.63. The third-order valence-electron chi connectivity index (χ3n) is 3.01. The van der Waals surface area contributed by atoms with Gasteiger partial charge in [-0.05, 0) is 36.2 Å². The van der Waals surface area contributed by atoms with Gasteiger partial charge in [0.1, 0.15) is 11.4 Å². The number of hydrogen-bond donors (Lipinski definition) is 1. The van der Waals surface area contributed by atoms with Crippen LogP contribution in [0, 0.1) is 6.92 Å². The fraction of sp³-hybridized carbons (Fsp3) is 0.308. The van der Waals surface area contributed by atoms with Crippen LogP contribution in [-0.2, 0) is 6.42 Å². The normalized spacial score (nSPS) is 14.3. The minimum atomic E-state index is 0. The summed E-state index contributed by atoms with van der Waals surface area (Å²) in [5.74, 6) is 1.10. The average Bonchev–Trinajstić information content (AvgIpc) is 2.89. The Morgan fingerprint density at radius 3 is 3.06 bits per heavy atom. The van der Waals surface area contributed by atoms with Gasteiger partial charge in [-0.2, -0.15) is 0 Å². The van der Waals surface area contributed by atoms with Crippen LogP contribution in [0.1, 0.15) is 11.1 Å². The molecule has 0 amide bonds. The molecule has 17 heavy (non-hydrogen) atoms. The molecule has 2 aromatic rings. The van der Waals surface area contributed by atoms with E-state index in [9.17, 15) is 0 Å². The van der Waals surface area contributed by atoms with Crippen molar-refractivity contribution in [2.24, 2.45) is 4.99 Å². The molecule has 1 aliphatic heterocycles. The van der Waals surface area contributed by atoms with Crippen molar-refractivity contribution in [3.05, 3.63) is 35.6 Å². The summed E-state index contributed by atoms with van der Waals surface area (Å²) in [6.45, 7) is 4.00. The Bertz CT molecular complexity index is 560. The van der Waals surface area contributed by atoms with E-state index in [2.05, 4.69) is 29.4 Å². The van der Waals surface area contributed by atoms with Crippen molar-refractivity contribution in [3.8, 4) is 0 Å². The minimum absolute atomic E-state index is 0. The lowest BCUT2D eigenvalue weighted by Crippen LogP contribution is -2.20. The van der Waals surface area contributed by atoms with Crippen LogP contribution >= 0.6 is 12.4 Å². The van der Waals surface area contributed by atoms with Crippen LogP contribution in [0.2, 0.25) is 0 Å². The highest BCUT2D eigenvalue weighted by atomic mass is 35.5. The van der Waals surface area contributed by atoms with Crippen LogP contribution in [0.15, 0.2) is 33.9 Å². The standard InChI is InChI=1S/C13H14N2O.ClH/c1-9-6-12-10(2-5-16-12)7-11(9)8-13-14-3-4-15-13;/h2,5-7H,3-4,8H2,1H3,(H,14,15);1H. The van der Waals surface area contributed by atoms with Crippen LogP contribution in [0.25, 0.3) is 11.0 Å². The lowest BCUT2D eigenvalue weighted by molar-refractivity contribution is 0.615. The molecule has 4 heteroatoms. The van der Waals surface area contributed by atoms with Crippen LogP contribution in [0.5, 0.6) is 0 Å². The second-order valence-corrected chi connectivity index (χ2v) is 4.17. The minimum Gasteiger partial charge on any atom is -0.464 e. The van der Waals surface area contributed by atoms with E-state index in [1.165, 1.54) is 16.5 Å². The van der Waals surface area contributed by atoms with Gasteiger partial charge in [-0.3, -0.25) is 4.99 Å². The maximum Gasteiger partial charge on any atom is 0.134 e. The summed E-state index contributed by atoms with van der Waals surface area (Å²) >= 11 is 0. The second-order valence-electron chi connectivity index (χ2n) is 4.17. The summed E-state index contributed by atoms with van der Waals surface area (Å²) in [7, 11) is 0. The first-order valence-electron chi connectivity index (χ1n) is 5.57. The van der Waals surface area contributed by atoms with E-state index in [0.29, 0.717) is 0 Å². The molecule has 0 aliphatic carbocycles. The number of aliphatic imine (C=N–C) groups is 1. The topological polar surface area (TPSA) is 37.5 Å². The zero-order valence-electron chi connectivity index (χ0n) is 9.69. The summed E-state index contributed by atoms with van der Waals surface area (Å²) in [6, 6.07) is 6.29. The van der Waals surface area contributed by atoms with Crippen molar-refractivity contribution in [2.45, 2.75) is 13.3 Å². The first-order chi connectivity index (χ1) is 7.83. The molecular weight excluding hydrogens is 236 g/mol. The zero-order chi connectivity index (χ0) is 11.0. The van der Waals surface area contributed by atoms with Crippen molar-refractivity contribution < 1.29 is 4.42 Å². The van der Waals surface area contributed by atoms with Gasteiger partial charge in [-0.15, -0.1) is 12.4 Å². The van der Waals surface area contributed by atoms with Gasteiger partial charge < -0.3 is 9.73 Å². The molecule has 0 radical (unpaired) electrons. The number of benzene rings is 1. The number of halogens is 1. The lowest BCUT2D eigenvalue weighted by Gasteiger charge is -2.06. The molecule has 1 aromatic carbocycles. The molecule has 0 atom stereocenters. The highest BCUT2D eigenvalue weighted by Gasteiger charge is 2.09. The fourth-order valence-corrected chi connectivity index (χ4v) is 2.09. The number of aryl methyl sites for hydroxylation is 1.